The molecule has 0 amide bonds. The Morgan fingerprint density at radius 1 is 0.812 bits per heavy atom. The van der Waals surface area contributed by atoms with Crippen molar-refractivity contribution < 1.29 is 0 Å². The number of hydrogen-bond donors (Lipinski definition) is 0. The van der Waals surface area contributed by atoms with Crippen molar-refractivity contribution in [2.45, 2.75) is 102 Å². The fourth-order valence-electron chi connectivity index (χ4n) is 11.3. The van der Waals surface area contributed by atoms with Gasteiger partial charge in [0.05, 0.1) is 18.1 Å². The topological polar surface area (TPSA) is 6.48 Å². The van der Waals surface area contributed by atoms with Crippen molar-refractivity contribution in [1.29, 1.82) is 0 Å². The van der Waals surface area contributed by atoms with Gasteiger partial charge in [-0.2, -0.15) is 0 Å². The molecule has 242 valence electrons. The maximum Gasteiger partial charge on any atom is 0.0604 e. The minimum Gasteiger partial charge on any atom is -0.357 e. The van der Waals surface area contributed by atoms with E-state index in [4.69, 9.17) is 0 Å². The third-order valence-corrected chi connectivity index (χ3v) is 13.1. The minimum atomic E-state index is 0.365. The number of rotatable bonds is 4. The van der Waals surface area contributed by atoms with Crippen LogP contribution in [0.15, 0.2) is 114 Å². The third-order valence-electron chi connectivity index (χ3n) is 13.1. The number of nitrogens with zero attached hydrogens (tertiary/aromatic N) is 2. The Hall–Kier alpha value is -4.04. The highest BCUT2D eigenvalue weighted by Gasteiger charge is 2.55. The van der Waals surface area contributed by atoms with Crippen LogP contribution in [0.3, 0.4) is 0 Å². The van der Waals surface area contributed by atoms with Crippen LogP contribution in [0.25, 0.3) is 5.57 Å². The van der Waals surface area contributed by atoms with Crippen molar-refractivity contribution in [2.24, 2.45) is 11.8 Å². The molecule has 6 atom stereocenters. The van der Waals surface area contributed by atoms with Crippen molar-refractivity contribution in [3.63, 3.8) is 0 Å². The fraction of sp³-hybridized carbons (Fsp3) is 0.391. The molecule has 0 spiro atoms. The van der Waals surface area contributed by atoms with Crippen molar-refractivity contribution in [3.05, 3.63) is 147 Å². The van der Waals surface area contributed by atoms with Crippen LogP contribution in [0.4, 0.5) is 11.4 Å². The van der Waals surface area contributed by atoms with Gasteiger partial charge in [0.25, 0.3) is 0 Å². The lowest BCUT2D eigenvalue weighted by atomic mass is 9.53. The highest BCUT2D eigenvalue weighted by Crippen LogP contribution is 2.65. The molecule has 0 radical (unpaired) electrons. The maximum absolute atomic E-state index is 2.88. The molecule has 0 N–H and O–H groups in total. The van der Waals surface area contributed by atoms with E-state index in [1.165, 1.54) is 41.9 Å². The van der Waals surface area contributed by atoms with Crippen molar-refractivity contribution >= 4 is 16.9 Å². The molecule has 7 aliphatic rings. The summed E-state index contributed by atoms with van der Waals surface area (Å²) in [4.78, 5) is 5.68. The lowest BCUT2D eigenvalue weighted by Crippen LogP contribution is -2.53. The van der Waals surface area contributed by atoms with Crippen LogP contribution < -0.4 is 9.80 Å². The van der Waals surface area contributed by atoms with Gasteiger partial charge in [0, 0.05) is 34.5 Å². The van der Waals surface area contributed by atoms with E-state index in [1.54, 1.807) is 44.5 Å². The maximum atomic E-state index is 2.88. The Morgan fingerprint density at radius 3 is 2.44 bits per heavy atom. The van der Waals surface area contributed by atoms with Gasteiger partial charge in [-0.25, -0.2) is 0 Å². The van der Waals surface area contributed by atoms with Crippen molar-refractivity contribution in [1.82, 2.24) is 0 Å². The summed E-state index contributed by atoms with van der Waals surface area (Å²) in [5.74, 6) is 2.51. The van der Waals surface area contributed by atoms with Gasteiger partial charge in [-0.1, -0.05) is 106 Å². The standard InChI is InChI=1S/C46H48N2/c1-27(2)33-23-35-31-19-11-13-21-39(31)48(30-17-9-6-10-18-30)42-26-38-34(28(3)4)24-36-32-20-12-14-22-40(32)47(29-15-7-5-8-16-29)41-25-37(33)45(43(35)42)46(38)44(36)41/h5-9,11,13-17,19,21-24,27-28,32,37,40-42,45H,10,12,18,20,25-26H2,1-4H3. The monoisotopic (exact) mass is 628 g/mol. The number of para-hydroxylation sites is 2. The Balaban J connectivity index is 1.29. The average molecular weight is 629 g/mol. The first kappa shape index (κ1) is 28.9. The normalized spacial score (nSPS) is 29.0. The van der Waals surface area contributed by atoms with Crippen LogP contribution in [0.2, 0.25) is 0 Å². The quantitative estimate of drug-likeness (QED) is 0.265. The highest BCUT2D eigenvalue weighted by molar-refractivity contribution is 5.93. The lowest BCUT2D eigenvalue weighted by molar-refractivity contribution is 0.314. The van der Waals surface area contributed by atoms with Crippen molar-refractivity contribution in [2.75, 3.05) is 9.80 Å². The van der Waals surface area contributed by atoms with Crippen LogP contribution in [0.1, 0.15) is 117 Å². The predicted octanol–water partition coefficient (Wildman–Crippen LogP) is 11.3. The third kappa shape index (κ3) is 3.92. The van der Waals surface area contributed by atoms with Crippen LogP contribution in [-0.2, 0) is 6.42 Å². The summed E-state index contributed by atoms with van der Waals surface area (Å²) in [6.07, 6.45) is 21.8. The largest absolute Gasteiger partial charge is 0.357 e. The molecule has 2 aliphatic heterocycles. The van der Waals surface area contributed by atoms with Gasteiger partial charge in [-0.05, 0) is 120 Å². The van der Waals surface area contributed by atoms with E-state index in [0.717, 1.165) is 19.3 Å². The Labute approximate surface area is 287 Å². The van der Waals surface area contributed by atoms with Gasteiger partial charge < -0.3 is 9.80 Å². The van der Waals surface area contributed by atoms with E-state index in [0.29, 0.717) is 47.7 Å². The number of benzene rings is 3. The molecule has 10 rings (SSSR count). The smallest absolute Gasteiger partial charge is 0.0604 e. The van der Waals surface area contributed by atoms with E-state index in [2.05, 4.69) is 135 Å². The minimum absolute atomic E-state index is 0.365. The Kier molecular flexibility index (Phi) is 6.47. The van der Waals surface area contributed by atoms with Crippen LogP contribution >= 0.6 is 0 Å². The molecule has 2 heterocycles. The zero-order chi connectivity index (χ0) is 32.3. The molecule has 0 saturated heterocycles. The SMILES string of the molecule is CC(C)C1=CC2=C3C4c5c(c(C(C)C)cc6c5C(CC14)N(c1ccccc1)C1C=CCCC61)CC3N(C1=CC=CCC1)c1ccccc12. The molecule has 6 unspecified atom stereocenters. The fourth-order valence-corrected chi connectivity index (χ4v) is 11.3. The van der Waals surface area contributed by atoms with Gasteiger partial charge in [0.1, 0.15) is 0 Å². The molecule has 2 heteroatoms. The zero-order valence-electron chi connectivity index (χ0n) is 29.0. The molecule has 2 nitrogen and oxygen atoms in total. The van der Waals surface area contributed by atoms with Gasteiger partial charge in [0.2, 0.25) is 0 Å². The van der Waals surface area contributed by atoms with Gasteiger partial charge in [-0.3, -0.25) is 0 Å². The molecule has 0 saturated carbocycles. The lowest BCUT2D eigenvalue weighted by Gasteiger charge is -2.59. The molecule has 48 heavy (non-hydrogen) atoms. The van der Waals surface area contributed by atoms with E-state index >= 15 is 0 Å². The van der Waals surface area contributed by atoms with Gasteiger partial charge in [-0.15, -0.1) is 0 Å². The molecule has 3 aromatic rings. The molecule has 0 fully saturated rings. The molecule has 0 aromatic heterocycles. The van der Waals surface area contributed by atoms with Crippen LogP contribution in [0.5, 0.6) is 0 Å². The summed E-state index contributed by atoms with van der Waals surface area (Å²) in [5.41, 5.74) is 19.2. The number of fused-ring (bicyclic) bond motifs is 4. The van der Waals surface area contributed by atoms with E-state index in [1.807, 2.05) is 0 Å². The van der Waals surface area contributed by atoms with E-state index < -0.39 is 0 Å². The summed E-state index contributed by atoms with van der Waals surface area (Å²) in [6, 6.07) is 24.7. The first-order valence-electron chi connectivity index (χ1n) is 18.9. The van der Waals surface area contributed by atoms with E-state index in [9.17, 15) is 0 Å². The second-order valence-electron chi connectivity index (χ2n) is 16.1. The number of hydrogen-bond acceptors (Lipinski definition) is 2. The molecular weight excluding hydrogens is 581 g/mol. The summed E-state index contributed by atoms with van der Waals surface area (Å²) < 4.78 is 0. The molecule has 5 aliphatic carbocycles. The summed E-state index contributed by atoms with van der Waals surface area (Å²) in [7, 11) is 0. The van der Waals surface area contributed by atoms with Gasteiger partial charge in [0.15, 0.2) is 0 Å². The Morgan fingerprint density at radius 2 is 1.65 bits per heavy atom. The summed E-state index contributed by atoms with van der Waals surface area (Å²) in [6.45, 7) is 9.83. The zero-order valence-corrected chi connectivity index (χ0v) is 29.0. The summed E-state index contributed by atoms with van der Waals surface area (Å²) >= 11 is 0. The molecular formula is C46H48N2. The highest BCUT2D eigenvalue weighted by atomic mass is 15.2. The first-order chi connectivity index (χ1) is 23.5. The number of anilines is 2. The van der Waals surface area contributed by atoms with Gasteiger partial charge >= 0.3 is 0 Å². The summed E-state index contributed by atoms with van der Waals surface area (Å²) in [5, 5.41) is 0. The van der Waals surface area contributed by atoms with Crippen LogP contribution in [-0.4, -0.2) is 12.1 Å². The predicted molar refractivity (Wildman–Crippen MR) is 201 cm³/mol. The number of allylic oxidation sites excluding steroid dienone is 8. The van der Waals surface area contributed by atoms with E-state index in [-0.39, 0.29) is 0 Å². The second-order valence-corrected chi connectivity index (χ2v) is 16.1. The van der Waals surface area contributed by atoms with Crippen molar-refractivity contribution in [3.8, 4) is 0 Å². The average Bonchev–Trinajstić information content (AvgIpc) is 3.12. The molecule has 3 aromatic carbocycles. The molecule has 0 bridgehead atoms. The first-order valence-corrected chi connectivity index (χ1v) is 18.9. The Bertz CT molecular complexity index is 1980. The van der Waals surface area contributed by atoms with Crippen LogP contribution in [0, 0.1) is 11.8 Å². The second kappa shape index (κ2) is 10.7.